The van der Waals surface area contributed by atoms with Crippen molar-refractivity contribution in [2.24, 2.45) is 5.92 Å². The largest absolute Gasteiger partial charge is 0.366 e. The molecule has 1 amide bonds. The van der Waals surface area contributed by atoms with Gasteiger partial charge in [-0.05, 0) is 25.0 Å². The molecule has 1 unspecified atom stereocenters. The molecule has 0 bridgehead atoms. The van der Waals surface area contributed by atoms with Crippen LogP contribution < -0.4 is 0 Å². The predicted molar refractivity (Wildman–Crippen MR) is 82.3 cm³/mol. The Morgan fingerprint density at radius 2 is 2.04 bits per heavy atom. The fourth-order valence-corrected chi connectivity index (χ4v) is 2.98. The lowest BCUT2D eigenvalue weighted by Crippen LogP contribution is -2.46. The zero-order chi connectivity index (χ0) is 15.6. The minimum Gasteiger partial charge on any atom is -0.366 e. The second-order valence-corrected chi connectivity index (χ2v) is 6.10. The maximum Gasteiger partial charge on any atom is 0.258 e. The number of hydrogen-bond acceptors (Lipinski definition) is 5. The highest BCUT2D eigenvalue weighted by atomic mass is 16.5. The highest BCUT2D eigenvalue weighted by Crippen LogP contribution is 2.30. The van der Waals surface area contributed by atoms with Crippen molar-refractivity contribution < 1.29 is 14.1 Å². The second kappa shape index (κ2) is 6.12. The molecule has 120 valence electrons. The first kappa shape index (κ1) is 14.4. The van der Waals surface area contributed by atoms with E-state index in [1.165, 1.54) is 0 Å². The summed E-state index contributed by atoms with van der Waals surface area (Å²) < 4.78 is 11.1. The summed E-state index contributed by atoms with van der Waals surface area (Å²) in [5.74, 6) is 1.44. The number of benzene rings is 1. The van der Waals surface area contributed by atoms with Gasteiger partial charge in [-0.15, -0.1) is 0 Å². The van der Waals surface area contributed by atoms with Crippen LogP contribution >= 0.6 is 0 Å². The lowest BCUT2D eigenvalue weighted by Gasteiger charge is -2.36. The Kier molecular flexibility index (Phi) is 3.83. The molecule has 2 heterocycles. The zero-order valence-electron chi connectivity index (χ0n) is 12.9. The van der Waals surface area contributed by atoms with Crippen molar-refractivity contribution >= 4 is 5.91 Å². The SMILES string of the molecule is O=C(C1CCC1)N1CCOC(c2noc(-c3ccccc3)n2)C1. The van der Waals surface area contributed by atoms with Gasteiger partial charge >= 0.3 is 0 Å². The van der Waals surface area contributed by atoms with Gasteiger partial charge in [0.1, 0.15) is 6.10 Å². The molecule has 0 spiro atoms. The van der Waals surface area contributed by atoms with Crippen LogP contribution in [0.4, 0.5) is 0 Å². The molecule has 1 aromatic heterocycles. The lowest BCUT2D eigenvalue weighted by atomic mass is 9.84. The first-order chi connectivity index (χ1) is 11.3. The molecule has 6 heteroatoms. The number of aromatic nitrogens is 2. The maximum atomic E-state index is 12.4. The molecule has 2 aromatic rings. The first-order valence-corrected chi connectivity index (χ1v) is 8.10. The maximum absolute atomic E-state index is 12.4. The number of carbonyl (C=O) groups is 1. The monoisotopic (exact) mass is 313 g/mol. The minimum atomic E-state index is -0.311. The lowest BCUT2D eigenvalue weighted by molar-refractivity contribution is -0.146. The van der Waals surface area contributed by atoms with Crippen LogP contribution in [-0.2, 0) is 9.53 Å². The number of ether oxygens (including phenoxy) is 1. The Bertz CT molecular complexity index is 681. The summed E-state index contributed by atoms with van der Waals surface area (Å²) in [6, 6.07) is 9.64. The summed E-state index contributed by atoms with van der Waals surface area (Å²) in [7, 11) is 0. The molecular formula is C17H19N3O3. The third-order valence-electron chi connectivity index (χ3n) is 4.58. The molecule has 2 aliphatic rings. The number of rotatable bonds is 3. The van der Waals surface area contributed by atoms with Gasteiger partial charge in [0.25, 0.3) is 5.89 Å². The van der Waals surface area contributed by atoms with Crippen LogP contribution in [0.2, 0.25) is 0 Å². The highest BCUT2D eigenvalue weighted by Gasteiger charge is 2.34. The topological polar surface area (TPSA) is 68.5 Å². The summed E-state index contributed by atoms with van der Waals surface area (Å²) in [5, 5.41) is 4.04. The van der Waals surface area contributed by atoms with E-state index in [0.29, 0.717) is 31.4 Å². The number of amides is 1. The van der Waals surface area contributed by atoms with E-state index in [4.69, 9.17) is 9.26 Å². The van der Waals surface area contributed by atoms with E-state index >= 15 is 0 Å². The Labute approximate surface area is 134 Å². The van der Waals surface area contributed by atoms with Crippen molar-refractivity contribution in [3.8, 4) is 11.5 Å². The van der Waals surface area contributed by atoms with Gasteiger partial charge in [0.2, 0.25) is 11.7 Å². The highest BCUT2D eigenvalue weighted by molar-refractivity contribution is 5.79. The summed E-state index contributed by atoms with van der Waals surface area (Å²) in [5.41, 5.74) is 0.879. The molecule has 6 nitrogen and oxygen atoms in total. The third-order valence-corrected chi connectivity index (χ3v) is 4.58. The first-order valence-electron chi connectivity index (χ1n) is 8.10. The van der Waals surface area contributed by atoms with E-state index in [1.807, 2.05) is 35.2 Å². The van der Waals surface area contributed by atoms with Gasteiger partial charge in [-0.1, -0.05) is 29.8 Å². The summed E-state index contributed by atoms with van der Waals surface area (Å²) in [6.45, 7) is 1.66. The van der Waals surface area contributed by atoms with Gasteiger partial charge < -0.3 is 14.2 Å². The van der Waals surface area contributed by atoms with E-state index in [1.54, 1.807) is 0 Å². The van der Waals surface area contributed by atoms with Gasteiger partial charge in [-0.25, -0.2) is 0 Å². The molecule has 1 saturated heterocycles. The van der Waals surface area contributed by atoms with Crippen LogP contribution in [0, 0.1) is 5.92 Å². The predicted octanol–water partition coefficient (Wildman–Crippen LogP) is 2.44. The normalized spacial score (nSPS) is 21.9. The molecule has 1 aliphatic carbocycles. The Morgan fingerprint density at radius 1 is 1.22 bits per heavy atom. The minimum absolute atomic E-state index is 0.207. The summed E-state index contributed by atoms with van der Waals surface area (Å²) in [4.78, 5) is 18.7. The Balaban J connectivity index is 1.47. The number of morpholine rings is 1. The van der Waals surface area contributed by atoms with E-state index in [2.05, 4.69) is 10.1 Å². The van der Waals surface area contributed by atoms with Crippen molar-refractivity contribution in [2.45, 2.75) is 25.4 Å². The van der Waals surface area contributed by atoms with Crippen molar-refractivity contribution in [1.29, 1.82) is 0 Å². The van der Waals surface area contributed by atoms with E-state index in [9.17, 15) is 4.79 Å². The Hall–Kier alpha value is -2.21. The molecule has 2 fully saturated rings. The van der Waals surface area contributed by atoms with Crippen LogP contribution in [0.3, 0.4) is 0 Å². The molecule has 0 N–H and O–H groups in total. The molecule has 1 atom stereocenters. The summed E-state index contributed by atoms with van der Waals surface area (Å²) in [6.07, 6.45) is 2.88. The van der Waals surface area contributed by atoms with Crippen molar-refractivity contribution in [3.05, 3.63) is 36.2 Å². The number of nitrogens with zero attached hydrogens (tertiary/aromatic N) is 3. The van der Waals surface area contributed by atoms with Crippen molar-refractivity contribution in [2.75, 3.05) is 19.7 Å². The average Bonchev–Trinajstić information content (AvgIpc) is 3.04. The summed E-state index contributed by atoms with van der Waals surface area (Å²) >= 11 is 0. The van der Waals surface area contributed by atoms with Crippen molar-refractivity contribution in [3.63, 3.8) is 0 Å². The number of hydrogen-bond donors (Lipinski definition) is 0. The van der Waals surface area contributed by atoms with E-state index in [0.717, 1.165) is 24.8 Å². The van der Waals surface area contributed by atoms with Crippen LogP contribution in [0.1, 0.15) is 31.2 Å². The number of carbonyl (C=O) groups excluding carboxylic acids is 1. The zero-order valence-corrected chi connectivity index (χ0v) is 12.9. The molecule has 1 saturated carbocycles. The fraction of sp³-hybridized carbons (Fsp3) is 0.471. The fourth-order valence-electron chi connectivity index (χ4n) is 2.98. The smallest absolute Gasteiger partial charge is 0.258 e. The third kappa shape index (κ3) is 2.86. The molecule has 23 heavy (non-hydrogen) atoms. The molecular weight excluding hydrogens is 294 g/mol. The van der Waals surface area contributed by atoms with E-state index < -0.39 is 0 Å². The van der Waals surface area contributed by atoms with Gasteiger partial charge in [0, 0.05) is 18.0 Å². The van der Waals surface area contributed by atoms with Crippen molar-refractivity contribution in [1.82, 2.24) is 15.0 Å². The van der Waals surface area contributed by atoms with Gasteiger partial charge in [0.05, 0.1) is 13.2 Å². The standard InChI is InChI=1S/C17H19N3O3/c21-17(13-7-4-8-13)20-9-10-22-14(11-20)15-18-16(23-19-15)12-5-2-1-3-6-12/h1-3,5-6,13-14H,4,7-11H2. The molecule has 0 radical (unpaired) electrons. The second-order valence-electron chi connectivity index (χ2n) is 6.10. The van der Waals surface area contributed by atoms with Gasteiger partial charge in [0.15, 0.2) is 0 Å². The van der Waals surface area contributed by atoms with Gasteiger partial charge in [-0.2, -0.15) is 4.98 Å². The molecule has 4 rings (SSSR count). The molecule has 1 aliphatic heterocycles. The van der Waals surface area contributed by atoms with Crippen LogP contribution in [0.5, 0.6) is 0 Å². The van der Waals surface area contributed by atoms with Crippen LogP contribution in [0.25, 0.3) is 11.5 Å². The quantitative estimate of drug-likeness (QED) is 0.870. The van der Waals surface area contributed by atoms with Gasteiger partial charge in [-0.3, -0.25) is 4.79 Å². The van der Waals surface area contributed by atoms with E-state index in [-0.39, 0.29) is 17.9 Å². The van der Waals surface area contributed by atoms with Crippen LogP contribution in [-0.4, -0.2) is 40.6 Å². The molecule has 1 aromatic carbocycles. The average molecular weight is 313 g/mol. The Morgan fingerprint density at radius 3 is 2.78 bits per heavy atom. The van der Waals surface area contributed by atoms with Crippen LogP contribution in [0.15, 0.2) is 34.9 Å².